The van der Waals surface area contributed by atoms with Crippen LogP contribution in [0.3, 0.4) is 0 Å². The number of carbonyl (C=O) groups is 1. The summed E-state index contributed by atoms with van der Waals surface area (Å²) >= 11 is 0. The van der Waals surface area contributed by atoms with Crippen molar-refractivity contribution in [1.82, 2.24) is 15.6 Å². The van der Waals surface area contributed by atoms with Crippen molar-refractivity contribution in [3.8, 4) is 0 Å². The molecule has 0 unspecified atom stereocenters. The van der Waals surface area contributed by atoms with E-state index < -0.39 is 0 Å². The van der Waals surface area contributed by atoms with Crippen LogP contribution in [-0.2, 0) is 0 Å². The maximum absolute atomic E-state index is 11.3. The summed E-state index contributed by atoms with van der Waals surface area (Å²) in [5.74, 6) is -0.147. The van der Waals surface area contributed by atoms with Crippen LogP contribution < -0.4 is 10.6 Å². The Morgan fingerprint density at radius 3 is 2.82 bits per heavy atom. The Labute approximate surface area is 107 Å². The van der Waals surface area contributed by atoms with Gasteiger partial charge in [-0.3, -0.25) is 9.78 Å². The minimum Gasteiger partial charge on any atom is -0.354 e. The molecule has 0 fully saturated rings. The summed E-state index contributed by atoms with van der Waals surface area (Å²) < 4.78 is 0. The van der Waals surface area contributed by atoms with E-state index in [4.69, 9.17) is 0 Å². The van der Waals surface area contributed by atoms with E-state index in [0.29, 0.717) is 5.69 Å². The first kappa shape index (κ1) is 13.7. The van der Waals surface area contributed by atoms with Gasteiger partial charge in [-0.1, -0.05) is 12.1 Å². The number of aromatic nitrogens is 1. The van der Waals surface area contributed by atoms with Gasteiger partial charge in [-0.2, -0.15) is 0 Å². The molecule has 2 N–H and O–H groups in total. The Hall–Kier alpha value is -1.39. The molecule has 17 heavy (non-hydrogen) atoms. The second-order valence-corrected chi connectivity index (χ2v) is 3.69. The summed E-state index contributed by atoms with van der Waals surface area (Å²) in [6, 6.07) is 3.71. The Morgan fingerprint density at radius 2 is 2.29 bits per heavy atom. The largest absolute Gasteiger partial charge is 0.354 e. The summed E-state index contributed by atoms with van der Waals surface area (Å²) in [5.41, 5.74) is 2.87. The van der Waals surface area contributed by atoms with Crippen molar-refractivity contribution in [3.63, 3.8) is 0 Å². The van der Waals surface area contributed by atoms with E-state index in [1.165, 1.54) is 5.57 Å². The van der Waals surface area contributed by atoms with Crippen LogP contribution in [-0.4, -0.2) is 31.0 Å². The fourth-order valence-electron chi connectivity index (χ4n) is 1.73. The number of nitrogens with one attached hydrogen (secondary N) is 2. The van der Waals surface area contributed by atoms with Crippen LogP contribution in [0, 0.1) is 0 Å². The highest BCUT2D eigenvalue weighted by Gasteiger charge is 2.08. The minimum absolute atomic E-state index is 0. The molecule has 1 aromatic heterocycles. The first-order valence-corrected chi connectivity index (χ1v) is 5.39. The second kappa shape index (κ2) is 6.37. The van der Waals surface area contributed by atoms with Gasteiger partial charge in [0.25, 0.3) is 5.91 Å². The van der Waals surface area contributed by atoms with Crippen molar-refractivity contribution in [3.05, 3.63) is 35.7 Å². The number of carbonyl (C=O) groups excluding carboxylic acids is 1. The molecule has 0 aromatic carbocycles. The third-order valence-corrected chi connectivity index (χ3v) is 2.66. The van der Waals surface area contributed by atoms with Crippen LogP contribution in [0.15, 0.2) is 24.4 Å². The number of amides is 1. The van der Waals surface area contributed by atoms with Gasteiger partial charge >= 0.3 is 0 Å². The average molecular weight is 254 g/mol. The highest BCUT2D eigenvalue weighted by molar-refractivity contribution is 5.92. The monoisotopic (exact) mass is 253 g/mol. The Bertz CT molecular complexity index is 414. The number of nitrogens with zero attached hydrogens (tertiary/aromatic N) is 1. The summed E-state index contributed by atoms with van der Waals surface area (Å²) in [6.45, 7) is 1.91. The quantitative estimate of drug-likeness (QED) is 0.834. The van der Waals surface area contributed by atoms with Crippen molar-refractivity contribution in [1.29, 1.82) is 0 Å². The molecular formula is C12H16ClN3O. The minimum atomic E-state index is -0.147. The zero-order chi connectivity index (χ0) is 11.4. The van der Waals surface area contributed by atoms with E-state index in [0.717, 1.165) is 25.1 Å². The molecule has 5 heteroatoms. The smallest absolute Gasteiger partial charge is 0.269 e. The maximum Gasteiger partial charge on any atom is 0.269 e. The molecule has 1 amide bonds. The number of rotatable bonds is 2. The molecule has 92 valence electrons. The zero-order valence-corrected chi connectivity index (χ0v) is 10.5. The van der Waals surface area contributed by atoms with Crippen LogP contribution in [0.25, 0.3) is 5.57 Å². The van der Waals surface area contributed by atoms with Crippen LogP contribution >= 0.6 is 12.4 Å². The molecule has 0 bridgehead atoms. The van der Waals surface area contributed by atoms with Gasteiger partial charge in [-0.15, -0.1) is 12.4 Å². The molecule has 0 saturated heterocycles. The van der Waals surface area contributed by atoms with E-state index in [2.05, 4.69) is 21.7 Å². The SMILES string of the molecule is CNC(=O)c1ccc(C2=CCNCC2)cn1.Cl. The van der Waals surface area contributed by atoms with E-state index in [1.54, 1.807) is 19.3 Å². The summed E-state index contributed by atoms with van der Waals surface area (Å²) in [4.78, 5) is 15.5. The Balaban J connectivity index is 0.00000144. The lowest BCUT2D eigenvalue weighted by atomic mass is 10.0. The third kappa shape index (κ3) is 3.28. The molecule has 1 aliphatic rings. The first-order chi connectivity index (χ1) is 7.81. The van der Waals surface area contributed by atoms with E-state index in [1.807, 2.05) is 6.07 Å². The molecule has 0 spiro atoms. The molecule has 0 atom stereocenters. The normalized spacial score (nSPS) is 14.5. The fourth-order valence-corrected chi connectivity index (χ4v) is 1.73. The Morgan fingerprint density at radius 1 is 1.47 bits per heavy atom. The van der Waals surface area contributed by atoms with Gasteiger partial charge in [-0.05, 0) is 30.2 Å². The van der Waals surface area contributed by atoms with E-state index >= 15 is 0 Å². The molecule has 2 heterocycles. The number of pyridine rings is 1. The van der Waals surface area contributed by atoms with E-state index in [9.17, 15) is 4.79 Å². The number of hydrogen-bond acceptors (Lipinski definition) is 3. The second-order valence-electron chi connectivity index (χ2n) is 3.69. The Kier molecular flexibility index (Phi) is 5.12. The van der Waals surface area contributed by atoms with Crippen molar-refractivity contribution >= 4 is 23.9 Å². The first-order valence-electron chi connectivity index (χ1n) is 5.39. The van der Waals surface area contributed by atoms with Crippen LogP contribution in [0.4, 0.5) is 0 Å². The van der Waals surface area contributed by atoms with Gasteiger partial charge in [0.1, 0.15) is 5.69 Å². The lowest BCUT2D eigenvalue weighted by Crippen LogP contribution is -2.20. The highest BCUT2D eigenvalue weighted by atomic mass is 35.5. The molecule has 0 saturated carbocycles. The van der Waals surface area contributed by atoms with Gasteiger partial charge in [0.05, 0.1) is 0 Å². The number of halogens is 1. The summed E-state index contributed by atoms with van der Waals surface area (Å²) in [7, 11) is 1.60. The molecule has 4 nitrogen and oxygen atoms in total. The molecule has 0 aliphatic carbocycles. The molecule has 2 rings (SSSR count). The molecule has 0 radical (unpaired) electrons. The topological polar surface area (TPSA) is 54.0 Å². The van der Waals surface area contributed by atoms with Gasteiger partial charge in [0.15, 0.2) is 0 Å². The third-order valence-electron chi connectivity index (χ3n) is 2.66. The lowest BCUT2D eigenvalue weighted by Gasteiger charge is -2.13. The van der Waals surface area contributed by atoms with Gasteiger partial charge < -0.3 is 10.6 Å². The summed E-state index contributed by atoms with van der Waals surface area (Å²) in [6.07, 6.45) is 4.95. The fraction of sp³-hybridized carbons (Fsp3) is 0.333. The summed E-state index contributed by atoms with van der Waals surface area (Å²) in [5, 5.41) is 5.82. The average Bonchev–Trinajstić information content (AvgIpc) is 2.39. The van der Waals surface area contributed by atoms with Crippen LogP contribution in [0.5, 0.6) is 0 Å². The van der Waals surface area contributed by atoms with Crippen molar-refractivity contribution in [2.75, 3.05) is 20.1 Å². The lowest BCUT2D eigenvalue weighted by molar-refractivity contribution is 0.0958. The van der Waals surface area contributed by atoms with Crippen molar-refractivity contribution in [2.24, 2.45) is 0 Å². The van der Waals surface area contributed by atoms with Gasteiger partial charge in [0, 0.05) is 19.8 Å². The predicted molar refractivity (Wildman–Crippen MR) is 70.3 cm³/mol. The molecular weight excluding hydrogens is 238 g/mol. The van der Waals surface area contributed by atoms with Crippen molar-refractivity contribution < 1.29 is 4.79 Å². The molecule has 1 aliphatic heterocycles. The highest BCUT2D eigenvalue weighted by Crippen LogP contribution is 2.18. The van der Waals surface area contributed by atoms with Crippen molar-refractivity contribution in [2.45, 2.75) is 6.42 Å². The maximum atomic E-state index is 11.3. The number of hydrogen-bond donors (Lipinski definition) is 2. The predicted octanol–water partition coefficient (Wildman–Crippen LogP) is 1.24. The standard InChI is InChI=1S/C12H15N3O.ClH/c1-13-12(16)11-3-2-10(8-15-11)9-4-6-14-7-5-9;/h2-4,8,14H,5-7H2,1H3,(H,13,16);1H. The van der Waals surface area contributed by atoms with E-state index in [-0.39, 0.29) is 18.3 Å². The zero-order valence-electron chi connectivity index (χ0n) is 9.69. The van der Waals surface area contributed by atoms with Gasteiger partial charge in [0.2, 0.25) is 0 Å². The van der Waals surface area contributed by atoms with Gasteiger partial charge in [-0.25, -0.2) is 0 Å². The van der Waals surface area contributed by atoms with Crippen LogP contribution in [0.1, 0.15) is 22.5 Å². The van der Waals surface area contributed by atoms with Crippen LogP contribution in [0.2, 0.25) is 0 Å². The molecule has 1 aromatic rings.